The number of hydrogen-bond donors (Lipinski definition) is 0. The van der Waals surface area contributed by atoms with Gasteiger partial charge in [0.1, 0.15) is 5.69 Å². The molecule has 2 aromatic carbocycles. The van der Waals surface area contributed by atoms with E-state index in [1.54, 1.807) is 0 Å². The highest BCUT2D eigenvalue weighted by Gasteiger charge is 2.30. The molecule has 0 spiro atoms. The topological polar surface area (TPSA) is 58.8 Å². The summed E-state index contributed by atoms with van der Waals surface area (Å²) in [4.78, 5) is 17.6. The summed E-state index contributed by atoms with van der Waals surface area (Å²) in [7, 11) is 0. The maximum Gasteiger partial charge on any atom is 0.233 e. The molecule has 1 saturated heterocycles. The van der Waals surface area contributed by atoms with Crippen LogP contribution in [0.4, 0.5) is 5.88 Å². The fraction of sp³-hybridized carbons (Fsp3) is 0.448. The van der Waals surface area contributed by atoms with E-state index in [-0.39, 0.29) is 12.0 Å². The fourth-order valence-electron chi connectivity index (χ4n) is 5.14. The van der Waals surface area contributed by atoms with E-state index in [1.165, 1.54) is 11.1 Å². The zero-order valence-corrected chi connectivity index (χ0v) is 20.8. The van der Waals surface area contributed by atoms with Crippen molar-refractivity contribution >= 4 is 11.8 Å². The van der Waals surface area contributed by atoms with Crippen LogP contribution < -0.4 is 4.90 Å². The van der Waals surface area contributed by atoms with Crippen LogP contribution >= 0.6 is 0 Å². The highest BCUT2D eigenvalue weighted by molar-refractivity contribution is 5.77. The van der Waals surface area contributed by atoms with Gasteiger partial charge in [0.15, 0.2) is 0 Å². The minimum atomic E-state index is 0.0939. The van der Waals surface area contributed by atoms with Crippen molar-refractivity contribution in [1.29, 1.82) is 0 Å². The quantitative estimate of drug-likeness (QED) is 0.435. The smallest absolute Gasteiger partial charge is 0.233 e. The average molecular weight is 474 g/mol. The average Bonchev–Trinajstić information content (AvgIpc) is 3.53. The van der Waals surface area contributed by atoms with Crippen molar-refractivity contribution in [3.63, 3.8) is 0 Å². The second-order valence-corrected chi connectivity index (χ2v) is 10.1. The van der Waals surface area contributed by atoms with E-state index in [0.717, 1.165) is 61.7 Å². The van der Waals surface area contributed by atoms with Gasteiger partial charge in [0.25, 0.3) is 0 Å². The van der Waals surface area contributed by atoms with Crippen molar-refractivity contribution in [3.05, 3.63) is 71.3 Å². The zero-order valence-electron chi connectivity index (χ0n) is 20.8. The molecule has 6 heteroatoms. The Morgan fingerprint density at radius 2 is 1.89 bits per heavy atom. The maximum absolute atomic E-state index is 13.4. The molecule has 3 heterocycles. The first kappa shape index (κ1) is 23.6. The molecule has 1 amide bonds. The third-order valence-corrected chi connectivity index (χ3v) is 6.97. The Balaban J connectivity index is 1.49. The van der Waals surface area contributed by atoms with E-state index in [2.05, 4.69) is 60.3 Å². The molecule has 0 N–H and O–H groups in total. The Labute approximate surface area is 207 Å². The summed E-state index contributed by atoms with van der Waals surface area (Å²) in [6.45, 7) is 7.66. The number of fused-ring (bicyclic) bond motifs is 1. The molecule has 3 aromatic rings. The molecule has 5 rings (SSSR count). The minimum absolute atomic E-state index is 0.0939. The van der Waals surface area contributed by atoms with Crippen LogP contribution in [0.3, 0.4) is 0 Å². The largest absolute Gasteiger partial charge is 0.376 e. The summed E-state index contributed by atoms with van der Waals surface area (Å²) in [5.41, 5.74) is 5.50. The second-order valence-electron chi connectivity index (χ2n) is 10.1. The molecule has 0 unspecified atom stereocenters. The molecular formula is C29H35N3O3. The van der Waals surface area contributed by atoms with Gasteiger partial charge in [-0.25, -0.2) is 0 Å². The fourth-order valence-corrected chi connectivity index (χ4v) is 5.14. The van der Waals surface area contributed by atoms with Gasteiger partial charge in [-0.15, -0.1) is 0 Å². The molecule has 2 aliphatic rings. The molecule has 0 radical (unpaired) electrons. The van der Waals surface area contributed by atoms with Gasteiger partial charge in [-0.3, -0.25) is 4.79 Å². The van der Waals surface area contributed by atoms with Gasteiger partial charge in [-0.2, -0.15) is 0 Å². The van der Waals surface area contributed by atoms with Gasteiger partial charge in [-0.1, -0.05) is 73.6 Å². The SMILES string of the molecule is CC(C)CC(=O)N(Cc1c(-c2ccccc2)noc1N1CCc2ccccc2C1)C[C@H]1CCCO1. The normalized spacial score (nSPS) is 17.6. The highest BCUT2D eigenvalue weighted by atomic mass is 16.5. The van der Waals surface area contributed by atoms with Crippen LogP contribution in [0.15, 0.2) is 59.1 Å². The Hall–Kier alpha value is -3.12. The predicted octanol–water partition coefficient (Wildman–Crippen LogP) is 5.46. The van der Waals surface area contributed by atoms with Crippen molar-refractivity contribution < 1.29 is 14.1 Å². The first-order valence-corrected chi connectivity index (χ1v) is 12.8. The molecule has 1 fully saturated rings. The molecule has 6 nitrogen and oxygen atoms in total. The van der Waals surface area contributed by atoms with E-state index in [0.29, 0.717) is 25.4 Å². The van der Waals surface area contributed by atoms with Crippen LogP contribution in [0.1, 0.15) is 49.8 Å². The number of amides is 1. The van der Waals surface area contributed by atoms with Crippen molar-refractivity contribution in [1.82, 2.24) is 10.1 Å². The van der Waals surface area contributed by atoms with Gasteiger partial charge in [0, 0.05) is 38.2 Å². The predicted molar refractivity (Wildman–Crippen MR) is 137 cm³/mol. The Kier molecular flexibility index (Phi) is 7.19. The van der Waals surface area contributed by atoms with Crippen LogP contribution in [0, 0.1) is 5.92 Å². The molecule has 0 saturated carbocycles. The van der Waals surface area contributed by atoms with E-state index in [9.17, 15) is 4.79 Å². The Bertz CT molecular complexity index is 1140. The first-order chi connectivity index (χ1) is 17.1. The van der Waals surface area contributed by atoms with Crippen molar-refractivity contribution in [2.75, 3.05) is 24.6 Å². The Morgan fingerprint density at radius 3 is 2.63 bits per heavy atom. The van der Waals surface area contributed by atoms with E-state index in [4.69, 9.17) is 9.26 Å². The third-order valence-electron chi connectivity index (χ3n) is 6.97. The number of carbonyl (C=O) groups is 1. The number of hydrogen-bond acceptors (Lipinski definition) is 5. The lowest BCUT2D eigenvalue weighted by Crippen LogP contribution is -2.38. The third kappa shape index (κ3) is 5.43. The summed E-state index contributed by atoms with van der Waals surface area (Å²) in [6, 6.07) is 18.7. The number of anilines is 1. The van der Waals surface area contributed by atoms with Gasteiger partial charge in [0.05, 0.1) is 18.2 Å². The van der Waals surface area contributed by atoms with Gasteiger partial charge < -0.3 is 19.1 Å². The standard InChI is InChI=1S/C29H35N3O3/c1-21(2)17-27(33)32(19-25-13-8-16-34-25)20-26-28(23-10-4-3-5-11-23)30-35-29(26)31-15-14-22-9-6-7-12-24(22)18-31/h3-7,9-12,21,25H,8,13-20H2,1-2H3/t25-/m1/s1. The van der Waals surface area contributed by atoms with Gasteiger partial charge >= 0.3 is 0 Å². The molecule has 1 atom stereocenters. The van der Waals surface area contributed by atoms with Crippen molar-refractivity contribution in [2.24, 2.45) is 5.92 Å². The minimum Gasteiger partial charge on any atom is -0.376 e. The summed E-state index contributed by atoms with van der Waals surface area (Å²) in [6.07, 6.45) is 3.62. The van der Waals surface area contributed by atoms with Crippen molar-refractivity contribution in [2.45, 2.75) is 58.7 Å². The number of nitrogens with zero attached hydrogens (tertiary/aromatic N) is 3. The van der Waals surface area contributed by atoms with E-state index in [1.807, 2.05) is 23.1 Å². The van der Waals surface area contributed by atoms with Crippen LogP contribution in [-0.4, -0.2) is 41.8 Å². The lowest BCUT2D eigenvalue weighted by Gasteiger charge is -2.30. The molecule has 0 aliphatic carbocycles. The lowest BCUT2D eigenvalue weighted by atomic mass is 9.99. The number of rotatable bonds is 8. The summed E-state index contributed by atoms with van der Waals surface area (Å²) in [5, 5.41) is 4.54. The number of carbonyl (C=O) groups excluding carboxylic acids is 1. The van der Waals surface area contributed by atoms with Crippen LogP contribution in [-0.2, 0) is 29.0 Å². The number of ether oxygens (including phenoxy) is 1. The monoisotopic (exact) mass is 473 g/mol. The molecule has 1 aromatic heterocycles. The lowest BCUT2D eigenvalue weighted by molar-refractivity contribution is -0.134. The van der Waals surface area contributed by atoms with Crippen LogP contribution in [0.25, 0.3) is 11.3 Å². The molecule has 184 valence electrons. The highest BCUT2D eigenvalue weighted by Crippen LogP contribution is 2.35. The second kappa shape index (κ2) is 10.6. The van der Waals surface area contributed by atoms with Crippen molar-refractivity contribution in [3.8, 4) is 11.3 Å². The Morgan fingerprint density at radius 1 is 1.11 bits per heavy atom. The first-order valence-electron chi connectivity index (χ1n) is 12.8. The molecular weight excluding hydrogens is 438 g/mol. The van der Waals surface area contributed by atoms with Gasteiger partial charge in [0.2, 0.25) is 11.8 Å². The van der Waals surface area contributed by atoms with E-state index < -0.39 is 0 Å². The van der Waals surface area contributed by atoms with Crippen LogP contribution in [0.2, 0.25) is 0 Å². The number of aromatic nitrogens is 1. The summed E-state index contributed by atoms with van der Waals surface area (Å²) < 4.78 is 12.0. The number of benzene rings is 2. The van der Waals surface area contributed by atoms with E-state index >= 15 is 0 Å². The summed E-state index contributed by atoms with van der Waals surface area (Å²) >= 11 is 0. The zero-order chi connectivity index (χ0) is 24.2. The maximum atomic E-state index is 13.4. The summed E-state index contributed by atoms with van der Waals surface area (Å²) in [5.74, 6) is 1.22. The van der Waals surface area contributed by atoms with Crippen LogP contribution in [0.5, 0.6) is 0 Å². The molecule has 2 aliphatic heterocycles. The molecule has 0 bridgehead atoms. The molecule has 35 heavy (non-hydrogen) atoms. The van der Waals surface area contributed by atoms with Gasteiger partial charge in [-0.05, 0) is 36.3 Å².